The van der Waals surface area contributed by atoms with Crippen LogP contribution >= 0.6 is 0 Å². The van der Waals surface area contributed by atoms with Crippen LogP contribution in [0, 0.1) is 12.8 Å². The number of rotatable bonds is 6. The number of amides is 2. The molecule has 1 N–H and O–H groups in total. The van der Waals surface area contributed by atoms with Gasteiger partial charge in [-0.2, -0.15) is 0 Å². The molecular weight excluding hydrogens is 388 g/mol. The van der Waals surface area contributed by atoms with Gasteiger partial charge in [-0.15, -0.1) is 0 Å². The Bertz CT molecular complexity index is 1000. The maximum atomic E-state index is 12.5. The van der Waals surface area contributed by atoms with Gasteiger partial charge in [0.2, 0.25) is 5.88 Å². The largest absolute Gasteiger partial charge is 0.437 e. The highest BCUT2D eigenvalue weighted by atomic mass is 16.5. The summed E-state index contributed by atoms with van der Waals surface area (Å²) in [4.78, 5) is 22.9. The van der Waals surface area contributed by atoms with Gasteiger partial charge in [-0.1, -0.05) is 48.6 Å². The van der Waals surface area contributed by atoms with Crippen LogP contribution in [0.2, 0.25) is 0 Å². The summed E-state index contributed by atoms with van der Waals surface area (Å²) in [7, 11) is 0. The third kappa shape index (κ3) is 5.40. The van der Waals surface area contributed by atoms with E-state index in [-0.39, 0.29) is 12.1 Å². The second-order valence-corrected chi connectivity index (χ2v) is 8.14. The van der Waals surface area contributed by atoms with Crippen molar-refractivity contribution in [3.8, 4) is 11.6 Å². The van der Waals surface area contributed by atoms with Crippen molar-refractivity contribution < 1.29 is 9.53 Å². The number of ether oxygens (including phenoxy) is 1. The third-order valence-electron chi connectivity index (χ3n) is 5.74. The number of nitrogens with zero attached hydrogens (tertiary/aromatic N) is 3. The molecule has 1 saturated carbocycles. The number of hydrogen-bond acceptors (Lipinski definition) is 4. The normalized spacial score (nSPS) is 20.0. The van der Waals surface area contributed by atoms with Crippen LogP contribution in [-0.4, -0.2) is 40.0 Å². The van der Waals surface area contributed by atoms with Gasteiger partial charge in [-0.25, -0.2) is 9.78 Å². The average Bonchev–Trinajstić information content (AvgIpc) is 3.54. The Labute approximate surface area is 183 Å². The quantitative estimate of drug-likeness (QED) is 0.681. The number of benzene rings is 1. The van der Waals surface area contributed by atoms with Crippen molar-refractivity contribution in [1.82, 2.24) is 20.2 Å². The van der Waals surface area contributed by atoms with Gasteiger partial charge < -0.3 is 15.0 Å². The predicted octanol–water partition coefficient (Wildman–Crippen LogP) is 4.90. The molecule has 1 aromatic carbocycles. The highest BCUT2D eigenvalue weighted by Gasteiger charge is 2.40. The van der Waals surface area contributed by atoms with Gasteiger partial charge in [0.25, 0.3) is 0 Å². The smallest absolute Gasteiger partial charge is 0.317 e. The van der Waals surface area contributed by atoms with Crippen LogP contribution in [0.3, 0.4) is 0 Å². The second kappa shape index (κ2) is 9.16. The Morgan fingerprint density at radius 3 is 2.77 bits per heavy atom. The molecule has 0 spiro atoms. The molecule has 0 radical (unpaired) electrons. The zero-order chi connectivity index (χ0) is 21.8. The van der Waals surface area contributed by atoms with Crippen LogP contribution in [0.4, 0.5) is 4.79 Å². The number of hydrogen-bond donors (Lipinski definition) is 1. The van der Waals surface area contributed by atoms with Crippen molar-refractivity contribution in [3.05, 3.63) is 78.3 Å². The Hall–Kier alpha value is -3.41. The topological polar surface area (TPSA) is 67.4 Å². The summed E-state index contributed by atoms with van der Waals surface area (Å²) >= 11 is 0. The van der Waals surface area contributed by atoms with E-state index in [1.165, 1.54) is 5.57 Å². The van der Waals surface area contributed by atoms with E-state index in [4.69, 9.17) is 4.74 Å². The van der Waals surface area contributed by atoms with E-state index in [0.717, 1.165) is 54.9 Å². The monoisotopic (exact) mass is 416 g/mol. The molecule has 1 aliphatic heterocycles. The van der Waals surface area contributed by atoms with Crippen molar-refractivity contribution in [2.45, 2.75) is 32.2 Å². The van der Waals surface area contributed by atoms with Crippen LogP contribution in [-0.2, 0) is 0 Å². The van der Waals surface area contributed by atoms with Crippen LogP contribution in [0.15, 0.2) is 67.0 Å². The lowest BCUT2D eigenvalue weighted by Gasteiger charge is -2.28. The minimum atomic E-state index is 0.0259. The molecule has 160 valence electrons. The first-order valence-electron chi connectivity index (χ1n) is 10.6. The van der Waals surface area contributed by atoms with Crippen molar-refractivity contribution in [3.63, 3.8) is 0 Å². The average molecular weight is 417 g/mol. The van der Waals surface area contributed by atoms with Gasteiger partial charge in [0.1, 0.15) is 5.75 Å². The van der Waals surface area contributed by atoms with E-state index in [9.17, 15) is 4.79 Å². The number of aromatic nitrogens is 2. The molecule has 2 aliphatic rings. The standard InChI is InChI=1S/C25H28N4O2/c1-4-17(2)22-14-23(22)28-25(30)29-10-8-19(9-11-29)12-20-6-5-7-21(13-20)31-24-16-26-18(3)15-27-24/h4-7,12-13,15-16,22-23H,1-2,8-11,14H2,3H3,(H,28,30)/t22-,23+/m1/s1. The second-order valence-electron chi connectivity index (χ2n) is 8.14. The Morgan fingerprint density at radius 1 is 1.26 bits per heavy atom. The number of likely N-dealkylation sites (tertiary alicyclic amines) is 1. The number of allylic oxidation sites excluding steroid dienone is 1. The van der Waals surface area contributed by atoms with Crippen LogP contribution in [0.1, 0.15) is 30.5 Å². The summed E-state index contributed by atoms with van der Waals surface area (Å²) < 4.78 is 5.81. The third-order valence-corrected chi connectivity index (χ3v) is 5.74. The first-order valence-corrected chi connectivity index (χ1v) is 10.6. The van der Waals surface area contributed by atoms with Gasteiger partial charge in [0.15, 0.2) is 0 Å². The number of piperidine rings is 1. The number of aryl methyl sites for hydroxylation is 1. The summed E-state index contributed by atoms with van der Waals surface area (Å²) in [5, 5.41) is 3.12. The van der Waals surface area contributed by atoms with Gasteiger partial charge in [0, 0.05) is 25.0 Å². The Morgan fingerprint density at radius 2 is 2.06 bits per heavy atom. The van der Waals surface area contributed by atoms with Gasteiger partial charge >= 0.3 is 6.03 Å². The lowest BCUT2D eigenvalue weighted by Crippen LogP contribution is -2.44. The van der Waals surface area contributed by atoms with E-state index in [2.05, 4.69) is 40.6 Å². The highest BCUT2D eigenvalue weighted by Crippen LogP contribution is 2.37. The molecule has 2 aromatic rings. The summed E-state index contributed by atoms with van der Waals surface area (Å²) in [6.45, 7) is 11.1. The summed E-state index contributed by atoms with van der Waals surface area (Å²) in [6.07, 6.45) is 9.98. The molecular formula is C25H28N4O2. The predicted molar refractivity (Wildman–Crippen MR) is 122 cm³/mol. The lowest BCUT2D eigenvalue weighted by atomic mass is 10.0. The number of carbonyl (C=O) groups excluding carboxylic acids is 1. The summed E-state index contributed by atoms with van der Waals surface area (Å²) in [5.41, 5.74) is 4.27. The highest BCUT2D eigenvalue weighted by molar-refractivity contribution is 5.75. The molecule has 6 nitrogen and oxygen atoms in total. The van der Waals surface area contributed by atoms with Crippen LogP contribution in [0.25, 0.3) is 6.08 Å². The molecule has 2 atom stereocenters. The minimum absolute atomic E-state index is 0.0259. The first-order chi connectivity index (χ1) is 15.0. The zero-order valence-electron chi connectivity index (χ0n) is 17.9. The van der Waals surface area contributed by atoms with Gasteiger partial charge in [-0.05, 0) is 43.9 Å². The molecule has 2 amide bonds. The molecule has 0 bridgehead atoms. The fourth-order valence-electron chi connectivity index (χ4n) is 3.76. The minimum Gasteiger partial charge on any atom is -0.437 e. The van der Waals surface area contributed by atoms with Crippen LogP contribution < -0.4 is 10.1 Å². The molecule has 1 saturated heterocycles. The number of nitrogens with one attached hydrogen (secondary N) is 1. The Balaban J connectivity index is 1.30. The zero-order valence-corrected chi connectivity index (χ0v) is 17.9. The van der Waals surface area contributed by atoms with E-state index in [1.807, 2.05) is 30.0 Å². The number of urea groups is 1. The van der Waals surface area contributed by atoms with E-state index in [1.54, 1.807) is 18.5 Å². The fourth-order valence-corrected chi connectivity index (χ4v) is 3.76. The Kier molecular flexibility index (Phi) is 6.16. The molecule has 2 heterocycles. The van der Waals surface area contributed by atoms with Gasteiger partial charge in [-0.3, -0.25) is 4.98 Å². The lowest BCUT2D eigenvalue weighted by molar-refractivity contribution is 0.193. The SMILES string of the molecule is C=CC(=C)[C@H]1C[C@@H]1NC(=O)N1CCC(=Cc2cccc(Oc3cnc(C)cn3)c2)CC1. The molecule has 1 aromatic heterocycles. The molecule has 0 unspecified atom stereocenters. The first kappa shape index (κ1) is 20.8. The van der Waals surface area contributed by atoms with Crippen molar-refractivity contribution >= 4 is 12.1 Å². The summed E-state index contributed by atoms with van der Waals surface area (Å²) in [6, 6.07) is 8.15. The van der Waals surface area contributed by atoms with Crippen molar-refractivity contribution in [2.24, 2.45) is 5.92 Å². The van der Waals surface area contributed by atoms with E-state index in [0.29, 0.717) is 11.8 Å². The molecule has 2 fully saturated rings. The van der Waals surface area contributed by atoms with Crippen molar-refractivity contribution in [2.75, 3.05) is 13.1 Å². The molecule has 31 heavy (non-hydrogen) atoms. The molecule has 6 heteroatoms. The number of carbonyl (C=O) groups is 1. The van der Waals surface area contributed by atoms with Crippen molar-refractivity contribution in [1.29, 1.82) is 0 Å². The molecule has 1 aliphatic carbocycles. The summed E-state index contributed by atoms with van der Waals surface area (Å²) in [5.74, 6) is 1.55. The maximum Gasteiger partial charge on any atom is 0.317 e. The molecule has 4 rings (SSSR count). The fraction of sp³-hybridized carbons (Fsp3) is 0.320. The van der Waals surface area contributed by atoms with E-state index < -0.39 is 0 Å². The maximum absolute atomic E-state index is 12.5. The van der Waals surface area contributed by atoms with Gasteiger partial charge in [0.05, 0.1) is 18.1 Å². The van der Waals surface area contributed by atoms with E-state index >= 15 is 0 Å². The van der Waals surface area contributed by atoms with Crippen LogP contribution in [0.5, 0.6) is 11.6 Å².